The molecule has 4 aromatic rings. The fraction of sp³-hybridized carbons (Fsp3) is 0. The number of benzene rings is 4. The van der Waals surface area contributed by atoms with Gasteiger partial charge in [-0.3, -0.25) is 4.79 Å². The number of thioether (sulfide) groups is 1. The van der Waals surface area contributed by atoms with Crippen LogP contribution in [-0.2, 0) is 0 Å². The smallest absolute Gasteiger partial charge is 0.255 e. The molecule has 4 aromatic carbocycles. The van der Waals surface area contributed by atoms with Gasteiger partial charge in [0.1, 0.15) is 5.75 Å². The highest BCUT2D eigenvalue weighted by atomic mass is 32.2. The van der Waals surface area contributed by atoms with Gasteiger partial charge in [0.25, 0.3) is 5.91 Å². The van der Waals surface area contributed by atoms with E-state index in [1.165, 1.54) is 11.8 Å². The van der Waals surface area contributed by atoms with Gasteiger partial charge in [-0.25, -0.2) is 0 Å². The molecule has 0 heterocycles. The van der Waals surface area contributed by atoms with Crippen molar-refractivity contribution in [3.05, 3.63) is 108 Å². The quantitative estimate of drug-likeness (QED) is 0.221. The van der Waals surface area contributed by atoms with Crippen molar-refractivity contribution < 1.29 is 9.53 Å². The molecule has 0 atom stereocenters. The predicted octanol–water partition coefficient (Wildman–Crippen LogP) is 6.32. The minimum absolute atomic E-state index is 0.178. The Kier molecular flexibility index (Phi) is 5.72. The fourth-order valence-corrected chi connectivity index (χ4v) is 3.77. The first-order chi connectivity index (χ1) is 14.6. The van der Waals surface area contributed by atoms with Gasteiger partial charge in [-0.15, -0.1) is 0 Å². The maximum Gasteiger partial charge on any atom is 0.255 e. The lowest BCUT2D eigenvalue weighted by molar-refractivity contribution is 0.102. The average molecular weight is 413 g/mol. The maximum absolute atomic E-state index is 12.7. The maximum atomic E-state index is 12.7. The highest BCUT2D eigenvalue weighted by molar-refractivity contribution is 8.03. The summed E-state index contributed by atoms with van der Waals surface area (Å²) < 4.78 is 5.77. The summed E-state index contributed by atoms with van der Waals surface area (Å²) in [7, 11) is 0. The number of anilines is 2. The first kappa shape index (κ1) is 19.6. The molecule has 4 nitrogen and oxygen atoms in total. The predicted molar refractivity (Wildman–Crippen MR) is 125 cm³/mol. The molecule has 0 bridgehead atoms. The van der Waals surface area contributed by atoms with E-state index in [2.05, 4.69) is 11.9 Å². The zero-order chi connectivity index (χ0) is 20.9. The molecule has 0 saturated carbocycles. The number of nitrogens with two attached hydrogens (primary N) is 1. The Morgan fingerprint density at radius 2 is 1.57 bits per heavy atom. The topological polar surface area (TPSA) is 64.3 Å². The summed E-state index contributed by atoms with van der Waals surface area (Å²) >= 11 is 1.36. The summed E-state index contributed by atoms with van der Waals surface area (Å²) in [4.78, 5) is 13.6. The van der Waals surface area contributed by atoms with Crippen LogP contribution in [0, 0.1) is 0 Å². The van der Waals surface area contributed by atoms with Gasteiger partial charge in [0, 0.05) is 27.2 Å². The molecule has 30 heavy (non-hydrogen) atoms. The van der Waals surface area contributed by atoms with Gasteiger partial charge in [-0.1, -0.05) is 60.3 Å². The van der Waals surface area contributed by atoms with E-state index in [-0.39, 0.29) is 5.91 Å². The number of rotatable bonds is 6. The SMILES string of the molecule is C=C(Oc1ccc(C(=O)Nc2cccc3ccccc23)cc1)Sc1ccccc1N. The molecule has 3 N–H and O–H groups in total. The van der Waals surface area contributed by atoms with Crippen LogP contribution in [0.5, 0.6) is 5.75 Å². The minimum atomic E-state index is -0.178. The molecule has 0 unspecified atom stereocenters. The van der Waals surface area contributed by atoms with E-state index in [1.807, 2.05) is 66.7 Å². The number of carbonyl (C=O) groups is 1. The van der Waals surface area contributed by atoms with E-state index >= 15 is 0 Å². The summed E-state index contributed by atoms with van der Waals surface area (Å²) in [5.41, 5.74) is 7.95. The Bertz CT molecular complexity index is 1210. The standard InChI is InChI=1S/C25H20N2O2S/c1-17(30-24-12-5-4-10-22(24)26)29-20-15-13-19(14-16-20)25(28)27-23-11-6-8-18-7-2-3-9-21(18)23/h2-16H,1,26H2,(H,27,28). The normalized spacial score (nSPS) is 10.5. The van der Waals surface area contributed by atoms with E-state index in [0.29, 0.717) is 22.1 Å². The Balaban J connectivity index is 1.42. The molecular weight excluding hydrogens is 392 g/mol. The van der Waals surface area contributed by atoms with Crippen molar-refractivity contribution in [1.82, 2.24) is 0 Å². The van der Waals surface area contributed by atoms with Gasteiger partial charge in [-0.05, 0) is 54.4 Å². The monoisotopic (exact) mass is 412 g/mol. The summed E-state index contributed by atoms with van der Waals surface area (Å²) in [5, 5.41) is 5.57. The van der Waals surface area contributed by atoms with Crippen LogP contribution in [0.4, 0.5) is 11.4 Å². The number of ether oxygens (including phenoxy) is 1. The van der Waals surface area contributed by atoms with Crippen molar-refractivity contribution in [3.63, 3.8) is 0 Å². The molecule has 1 amide bonds. The van der Waals surface area contributed by atoms with Crippen molar-refractivity contribution in [2.24, 2.45) is 0 Å². The van der Waals surface area contributed by atoms with E-state index < -0.39 is 0 Å². The molecule has 0 aliphatic carbocycles. The lowest BCUT2D eigenvalue weighted by Gasteiger charge is -2.11. The molecule has 5 heteroatoms. The summed E-state index contributed by atoms with van der Waals surface area (Å²) in [6.45, 7) is 3.93. The molecular formula is C25H20N2O2S. The second kappa shape index (κ2) is 8.76. The van der Waals surface area contributed by atoms with Crippen LogP contribution in [0.1, 0.15) is 10.4 Å². The summed E-state index contributed by atoms with van der Waals surface area (Å²) in [6.07, 6.45) is 0. The largest absolute Gasteiger partial charge is 0.451 e. The third-order valence-electron chi connectivity index (χ3n) is 4.53. The third-order valence-corrected chi connectivity index (χ3v) is 5.43. The van der Waals surface area contributed by atoms with Crippen molar-refractivity contribution in [2.75, 3.05) is 11.1 Å². The molecule has 0 radical (unpaired) electrons. The van der Waals surface area contributed by atoms with Crippen LogP contribution in [-0.4, -0.2) is 5.91 Å². The van der Waals surface area contributed by atoms with Gasteiger partial charge in [-0.2, -0.15) is 0 Å². The Hall–Kier alpha value is -3.70. The summed E-state index contributed by atoms with van der Waals surface area (Å²) in [5.74, 6) is 0.423. The van der Waals surface area contributed by atoms with Gasteiger partial charge in [0.15, 0.2) is 5.09 Å². The van der Waals surface area contributed by atoms with E-state index in [1.54, 1.807) is 24.3 Å². The second-order valence-electron chi connectivity index (χ2n) is 6.62. The second-order valence-corrected chi connectivity index (χ2v) is 7.72. The van der Waals surface area contributed by atoms with Gasteiger partial charge < -0.3 is 15.8 Å². The highest BCUT2D eigenvalue weighted by Gasteiger charge is 2.10. The number of amides is 1. The van der Waals surface area contributed by atoms with Crippen molar-refractivity contribution in [3.8, 4) is 5.75 Å². The Labute approximate surface area is 179 Å². The number of para-hydroxylation sites is 1. The molecule has 0 aromatic heterocycles. The van der Waals surface area contributed by atoms with Gasteiger partial charge in [0.2, 0.25) is 0 Å². The lowest BCUT2D eigenvalue weighted by Crippen LogP contribution is -2.12. The first-order valence-electron chi connectivity index (χ1n) is 9.38. The lowest BCUT2D eigenvalue weighted by atomic mass is 10.1. The third kappa shape index (κ3) is 4.47. The molecule has 148 valence electrons. The molecule has 0 saturated heterocycles. The number of nitrogen functional groups attached to an aromatic ring is 1. The van der Waals surface area contributed by atoms with E-state index in [0.717, 1.165) is 21.4 Å². The number of fused-ring (bicyclic) bond motifs is 1. The molecule has 0 aliphatic heterocycles. The highest BCUT2D eigenvalue weighted by Crippen LogP contribution is 2.31. The first-order valence-corrected chi connectivity index (χ1v) is 10.2. The fourth-order valence-electron chi connectivity index (χ4n) is 3.05. The van der Waals surface area contributed by atoms with Crippen LogP contribution in [0.15, 0.2) is 108 Å². The number of hydrogen-bond donors (Lipinski definition) is 2. The van der Waals surface area contributed by atoms with Crippen LogP contribution in [0.3, 0.4) is 0 Å². The molecule has 4 rings (SSSR count). The average Bonchev–Trinajstić information content (AvgIpc) is 2.76. The molecule has 0 fully saturated rings. The van der Waals surface area contributed by atoms with Crippen LogP contribution in [0.25, 0.3) is 10.8 Å². The molecule has 0 aliphatic rings. The van der Waals surface area contributed by atoms with Gasteiger partial charge in [0.05, 0.1) is 0 Å². The van der Waals surface area contributed by atoms with Crippen molar-refractivity contribution in [2.45, 2.75) is 4.90 Å². The van der Waals surface area contributed by atoms with Gasteiger partial charge >= 0.3 is 0 Å². The van der Waals surface area contributed by atoms with Crippen LogP contribution in [0.2, 0.25) is 0 Å². The zero-order valence-corrected chi connectivity index (χ0v) is 17.0. The van der Waals surface area contributed by atoms with E-state index in [4.69, 9.17) is 10.5 Å². The Morgan fingerprint density at radius 3 is 2.37 bits per heavy atom. The minimum Gasteiger partial charge on any atom is -0.451 e. The number of hydrogen-bond acceptors (Lipinski definition) is 4. The van der Waals surface area contributed by atoms with Crippen molar-refractivity contribution >= 4 is 39.8 Å². The number of nitrogens with one attached hydrogen (secondary N) is 1. The summed E-state index contributed by atoms with van der Waals surface area (Å²) in [6, 6.07) is 28.3. The molecule has 0 spiro atoms. The van der Waals surface area contributed by atoms with Crippen LogP contribution < -0.4 is 15.8 Å². The van der Waals surface area contributed by atoms with E-state index in [9.17, 15) is 4.79 Å². The van der Waals surface area contributed by atoms with Crippen LogP contribution >= 0.6 is 11.8 Å². The number of carbonyl (C=O) groups excluding carboxylic acids is 1. The van der Waals surface area contributed by atoms with Crippen molar-refractivity contribution in [1.29, 1.82) is 0 Å². The Morgan fingerprint density at radius 1 is 0.867 bits per heavy atom. The zero-order valence-electron chi connectivity index (χ0n) is 16.2.